The van der Waals surface area contributed by atoms with Crippen LogP contribution in [0, 0.1) is 0 Å². The maximum atomic E-state index is 8.73. The quantitative estimate of drug-likeness (QED) is 0.408. The maximum Gasteiger partial charge on any atom is 0.203 e. The molecule has 0 aromatic carbocycles. The van der Waals surface area contributed by atoms with E-state index in [4.69, 9.17) is 10.2 Å². The number of rotatable bonds is 0. The Morgan fingerprint density at radius 3 is 2.50 bits per heavy atom. The van der Waals surface area contributed by atoms with Gasteiger partial charge in [-0.05, 0) is 12.2 Å². The van der Waals surface area contributed by atoms with Crippen LogP contribution < -0.4 is 0 Å². The lowest BCUT2D eigenvalue weighted by Gasteiger charge is -2.15. The molecule has 8 heavy (non-hydrogen) atoms. The number of allylic oxidation sites excluding steroid dienone is 1. The van der Waals surface area contributed by atoms with Gasteiger partial charge in [-0.15, -0.1) is 0 Å². The van der Waals surface area contributed by atoms with Gasteiger partial charge in [0.1, 0.15) is 0 Å². The van der Waals surface area contributed by atoms with Gasteiger partial charge in [0.2, 0.25) is 5.79 Å². The fraction of sp³-hybridized carbons (Fsp3) is 0.400. The summed E-state index contributed by atoms with van der Waals surface area (Å²) in [5, 5.41) is 17.5. The average molecular weight is 113 g/mol. The first-order valence-corrected chi connectivity index (χ1v) is 2.33. The first-order chi connectivity index (χ1) is 3.71. The fourth-order valence-electron chi connectivity index (χ4n) is 0.498. The van der Waals surface area contributed by atoms with Crippen molar-refractivity contribution in [3.63, 3.8) is 0 Å². The Bertz CT molecular complexity index is 137. The molecule has 0 fully saturated rings. The van der Waals surface area contributed by atoms with Crippen LogP contribution in [0.3, 0.4) is 0 Å². The number of nitrogens with zero attached hydrogens (tertiary/aromatic N) is 1. The lowest BCUT2D eigenvalue weighted by molar-refractivity contribution is -0.108. The second-order valence-electron chi connectivity index (χ2n) is 1.73. The highest BCUT2D eigenvalue weighted by Crippen LogP contribution is 2.03. The van der Waals surface area contributed by atoms with E-state index >= 15 is 0 Å². The van der Waals surface area contributed by atoms with Crippen LogP contribution in [0.1, 0.15) is 0 Å². The van der Waals surface area contributed by atoms with Gasteiger partial charge in [-0.25, -0.2) is 0 Å². The van der Waals surface area contributed by atoms with Crippen LogP contribution in [0.2, 0.25) is 0 Å². The van der Waals surface area contributed by atoms with Gasteiger partial charge in [0.05, 0.1) is 6.54 Å². The number of dihydropyridines is 1. The summed E-state index contributed by atoms with van der Waals surface area (Å²) < 4.78 is 0. The summed E-state index contributed by atoms with van der Waals surface area (Å²) in [6, 6.07) is 0. The third-order valence-corrected chi connectivity index (χ3v) is 0.879. The zero-order valence-electron chi connectivity index (χ0n) is 4.28. The molecule has 3 nitrogen and oxygen atoms in total. The predicted molar refractivity (Wildman–Crippen MR) is 29.7 cm³/mol. The molecule has 44 valence electrons. The van der Waals surface area contributed by atoms with Gasteiger partial charge < -0.3 is 10.2 Å². The highest BCUT2D eigenvalue weighted by atomic mass is 16.5. The van der Waals surface area contributed by atoms with E-state index in [0.717, 1.165) is 0 Å². The number of aliphatic imine (C=N–C) groups is 1. The standard InChI is InChI=1S/C5H7NO2/c7-5(8)2-1-3-6-4-5/h1-3,7-8H,4H2. The van der Waals surface area contributed by atoms with Gasteiger partial charge >= 0.3 is 0 Å². The number of aliphatic hydroxyl groups is 2. The molecule has 1 heterocycles. The maximum absolute atomic E-state index is 8.73. The van der Waals surface area contributed by atoms with Crippen LogP contribution >= 0.6 is 0 Å². The van der Waals surface area contributed by atoms with Crippen LogP contribution in [-0.2, 0) is 0 Å². The largest absolute Gasteiger partial charge is 0.361 e. The topological polar surface area (TPSA) is 52.8 Å². The summed E-state index contributed by atoms with van der Waals surface area (Å²) in [5.41, 5.74) is 0. The van der Waals surface area contributed by atoms with Crippen molar-refractivity contribution in [2.45, 2.75) is 5.79 Å². The van der Waals surface area contributed by atoms with Crippen molar-refractivity contribution in [3.8, 4) is 0 Å². The van der Waals surface area contributed by atoms with Crippen LogP contribution in [0.15, 0.2) is 17.1 Å². The Morgan fingerprint density at radius 2 is 2.25 bits per heavy atom. The van der Waals surface area contributed by atoms with Crippen molar-refractivity contribution >= 4 is 6.21 Å². The van der Waals surface area contributed by atoms with E-state index in [0.29, 0.717) is 0 Å². The zero-order chi connectivity index (χ0) is 6.04. The Kier molecular flexibility index (Phi) is 1.15. The highest BCUT2D eigenvalue weighted by molar-refractivity contribution is 5.72. The Labute approximate surface area is 47.0 Å². The molecular weight excluding hydrogens is 106 g/mol. The molecule has 1 aliphatic rings. The van der Waals surface area contributed by atoms with Crippen LogP contribution in [-0.4, -0.2) is 28.8 Å². The molecule has 0 bridgehead atoms. The first-order valence-electron chi connectivity index (χ1n) is 2.33. The van der Waals surface area contributed by atoms with Gasteiger partial charge in [0.15, 0.2) is 0 Å². The van der Waals surface area contributed by atoms with Gasteiger partial charge in [0.25, 0.3) is 0 Å². The van der Waals surface area contributed by atoms with E-state index in [1.54, 1.807) is 0 Å². The molecule has 0 amide bonds. The van der Waals surface area contributed by atoms with Gasteiger partial charge in [-0.2, -0.15) is 0 Å². The monoisotopic (exact) mass is 113 g/mol. The van der Waals surface area contributed by atoms with E-state index in [-0.39, 0.29) is 6.54 Å². The molecule has 0 spiro atoms. The van der Waals surface area contributed by atoms with E-state index in [2.05, 4.69) is 4.99 Å². The molecule has 0 aromatic heterocycles. The van der Waals surface area contributed by atoms with Crippen molar-refractivity contribution in [2.24, 2.45) is 4.99 Å². The van der Waals surface area contributed by atoms with Crippen LogP contribution in [0.4, 0.5) is 0 Å². The molecule has 0 aliphatic carbocycles. The first kappa shape index (κ1) is 5.47. The van der Waals surface area contributed by atoms with Crippen molar-refractivity contribution in [3.05, 3.63) is 12.2 Å². The molecule has 1 rings (SSSR count). The third-order valence-electron chi connectivity index (χ3n) is 0.879. The molecular formula is C5H7NO2. The molecule has 0 saturated carbocycles. The van der Waals surface area contributed by atoms with E-state index < -0.39 is 5.79 Å². The summed E-state index contributed by atoms with van der Waals surface area (Å²) in [6.45, 7) is 0.0451. The molecule has 1 aliphatic heterocycles. The average Bonchev–Trinajstić information content (AvgIpc) is 1.65. The Morgan fingerprint density at radius 1 is 1.50 bits per heavy atom. The highest BCUT2D eigenvalue weighted by Gasteiger charge is 2.18. The minimum Gasteiger partial charge on any atom is -0.361 e. The Hall–Kier alpha value is -0.670. The summed E-state index contributed by atoms with van der Waals surface area (Å²) in [4.78, 5) is 3.62. The van der Waals surface area contributed by atoms with E-state index in [1.807, 2.05) is 0 Å². The molecule has 2 N–H and O–H groups in total. The van der Waals surface area contributed by atoms with Crippen LogP contribution in [0.25, 0.3) is 0 Å². The SMILES string of the molecule is OC1(O)C=CC=NC1. The van der Waals surface area contributed by atoms with E-state index in [1.165, 1.54) is 18.4 Å². The smallest absolute Gasteiger partial charge is 0.203 e. The fourth-order valence-corrected chi connectivity index (χ4v) is 0.498. The van der Waals surface area contributed by atoms with Crippen molar-refractivity contribution in [2.75, 3.05) is 6.54 Å². The van der Waals surface area contributed by atoms with Crippen molar-refractivity contribution < 1.29 is 10.2 Å². The van der Waals surface area contributed by atoms with Crippen LogP contribution in [0.5, 0.6) is 0 Å². The molecule has 0 saturated heterocycles. The van der Waals surface area contributed by atoms with Crippen molar-refractivity contribution in [1.29, 1.82) is 0 Å². The lowest BCUT2D eigenvalue weighted by atomic mass is 10.2. The summed E-state index contributed by atoms with van der Waals surface area (Å²) in [5.74, 6) is -1.70. The van der Waals surface area contributed by atoms with Gasteiger partial charge in [-0.3, -0.25) is 4.99 Å². The second kappa shape index (κ2) is 1.69. The molecule has 0 unspecified atom stereocenters. The predicted octanol–water partition coefficient (Wildman–Crippen LogP) is -0.692. The van der Waals surface area contributed by atoms with Crippen molar-refractivity contribution in [1.82, 2.24) is 0 Å². The van der Waals surface area contributed by atoms with Gasteiger partial charge in [-0.1, -0.05) is 0 Å². The second-order valence-corrected chi connectivity index (χ2v) is 1.73. The molecule has 0 aromatic rings. The normalized spacial score (nSPS) is 23.8. The summed E-state index contributed by atoms with van der Waals surface area (Å²) >= 11 is 0. The minimum absolute atomic E-state index is 0.0451. The zero-order valence-corrected chi connectivity index (χ0v) is 4.28. The Balaban J connectivity index is 2.65. The molecule has 0 atom stereocenters. The number of hydrogen-bond acceptors (Lipinski definition) is 3. The minimum atomic E-state index is -1.70. The number of hydrogen-bond donors (Lipinski definition) is 2. The summed E-state index contributed by atoms with van der Waals surface area (Å²) in [7, 11) is 0. The van der Waals surface area contributed by atoms with E-state index in [9.17, 15) is 0 Å². The molecule has 0 radical (unpaired) electrons. The third kappa shape index (κ3) is 1.15. The lowest BCUT2D eigenvalue weighted by Crippen LogP contribution is -2.30. The summed E-state index contributed by atoms with van der Waals surface area (Å²) in [6.07, 6.45) is 4.33. The van der Waals surface area contributed by atoms with Gasteiger partial charge in [0, 0.05) is 6.21 Å². The molecule has 3 heteroatoms.